The van der Waals surface area contributed by atoms with Crippen molar-refractivity contribution in [3.8, 4) is 6.07 Å². The number of rotatable bonds is 5. The molecule has 0 fully saturated rings. The molecule has 1 aromatic rings. The van der Waals surface area contributed by atoms with Crippen LogP contribution in [-0.4, -0.2) is 20.8 Å². The summed E-state index contributed by atoms with van der Waals surface area (Å²) in [6.07, 6.45) is 5.36. The number of hydrogen-bond acceptors (Lipinski definition) is 4. The zero-order valence-electron chi connectivity index (χ0n) is 9.10. The van der Waals surface area contributed by atoms with E-state index in [9.17, 15) is 0 Å². The molecule has 0 amide bonds. The van der Waals surface area contributed by atoms with Gasteiger partial charge in [-0.15, -0.1) is 0 Å². The molecule has 1 aromatic heterocycles. The molecule has 0 radical (unpaired) electrons. The number of hydrogen-bond donors (Lipinski definition) is 1. The molecule has 0 aromatic carbocycles. The molecule has 0 aliphatic rings. The van der Waals surface area contributed by atoms with E-state index in [0.29, 0.717) is 0 Å². The summed E-state index contributed by atoms with van der Waals surface area (Å²) in [4.78, 5) is 4.20. The van der Waals surface area contributed by atoms with Crippen molar-refractivity contribution in [3.05, 3.63) is 12.4 Å². The second-order valence-electron chi connectivity index (χ2n) is 3.80. The summed E-state index contributed by atoms with van der Waals surface area (Å²) < 4.78 is 1.98. The van der Waals surface area contributed by atoms with E-state index >= 15 is 0 Å². The van der Waals surface area contributed by atoms with Gasteiger partial charge in [0.2, 0.25) is 0 Å². The first-order valence-electron chi connectivity index (χ1n) is 4.85. The number of thioether (sulfide) groups is 1. The van der Waals surface area contributed by atoms with Crippen LogP contribution < -0.4 is 5.73 Å². The average molecular weight is 224 g/mol. The van der Waals surface area contributed by atoms with Gasteiger partial charge in [-0.05, 0) is 19.8 Å². The highest BCUT2D eigenvalue weighted by molar-refractivity contribution is 7.99. The Balaban J connectivity index is 2.24. The lowest BCUT2D eigenvalue weighted by Crippen LogP contribution is -2.33. The molecule has 5 heteroatoms. The highest BCUT2D eigenvalue weighted by atomic mass is 32.2. The van der Waals surface area contributed by atoms with Crippen LogP contribution in [0, 0.1) is 11.3 Å². The van der Waals surface area contributed by atoms with Gasteiger partial charge in [-0.3, -0.25) is 0 Å². The molecule has 1 rings (SSSR count). The predicted molar refractivity (Wildman–Crippen MR) is 61.4 cm³/mol. The summed E-state index contributed by atoms with van der Waals surface area (Å²) in [5.41, 5.74) is 5.02. The fourth-order valence-electron chi connectivity index (χ4n) is 1.15. The summed E-state index contributed by atoms with van der Waals surface area (Å²) in [7, 11) is 1.97. The van der Waals surface area contributed by atoms with Crippen LogP contribution in [0.15, 0.2) is 17.6 Å². The molecule has 0 aliphatic heterocycles. The lowest BCUT2D eigenvalue weighted by molar-refractivity contribution is 0.540. The van der Waals surface area contributed by atoms with Crippen molar-refractivity contribution in [2.75, 3.05) is 5.75 Å². The average Bonchev–Trinajstić information content (AvgIpc) is 2.59. The van der Waals surface area contributed by atoms with Crippen molar-refractivity contribution in [2.45, 2.75) is 30.5 Å². The lowest BCUT2D eigenvalue weighted by atomic mass is 10.0. The molecule has 0 bridgehead atoms. The number of nitrogens with zero attached hydrogens (tertiary/aromatic N) is 3. The SMILES string of the molecule is Cn1ccnc1SCCCC(C)(N)C#N. The van der Waals surface area contributed by atoms with Gasteiger partial charge in [-0.2, -0.15) is 5.26 Å². The molecule has 1 unspecified atom stereocenters. The third-order valence-corrected chi connectivity index (χ3v) is 3.25. The van der Waals surface area contributed by atoms with E-state index in [4.69, 9.17) is 11.0 Å². The van der Waals surface area contributed by atoms with Gasteiger partial charge in [0.1, 0.15) is 5.54 Å². The largest absolute Gasteiger partial charge is 0.329 e. The molecule has 0 aliphatic carbocycles. The Morgan fingerprint density at radius 2 is 2.47 bits per heavy atom. The van der Waals surface area contributed by atoms with Crippen LogP contribution in [0.25, 0.3) is 0 Å². The second kappa shape index (κ2) is 5.19. The van der Waals surface area contributed by atoms with Gasteiger partial charge in [-0.1, -0.05) is 11.8 Å². The van der Waals surface area contributed by atoms with Gasteiger partial charge < -0.3 is 10.3 Å². The van der Waals surface area contributed by atoms with Crippen LogP contribution in [0.1, 0.15) is 19.8 Å². The number of imidazole rings is 1. The zero-order valence-corrected chi connectivity index (χ0v) is 9.92. The molecule has 15 heavy (non-hydrogen) atoms. The predicted octanol–water partition coefficient (Wildman–Crippen LogP) is 1.53. The molecule has 1 heterocycles. The number of aromatic nitrogens is 2. The monoisotopic (exact) mass is 224 g/mol. The first kappa shape index (κ1) is 12.1. The number of aryl methyl sites for hydroxylation is 1. The molecule has 2 N–H and O–H groups in total. The highest BCUT2D eigenvalue weighted by Crippen LogP contribution is 2.18. The van der Waals surface area contributed by atoms with Crippen LogP contribution in [0.3, 0.4) is 0 Å². The summed E-state index contributed by atoms with van der Waals surface area (Å²) in [5, 5.41) is 9.73. The van der Waals surface area contributed by atoms with E-state index in [2.05, 4.69) is 11.1 Å². The minimum Gasteiger partial charge on any atom is -0.329 e. The Bertz CT molecular complexity index is 351. The van der Waals surface area contributed by atoms with Crippen LogP contribution in [0.4, 0.5) is 0 Å². The Kier molecular flexibility index (Phi) is 4.18. The Morgan fingerprint density at radius 3 is 3.00 bits per heavy atom. The second-order valence-corrected chi connectivity index (χ2v) is 4.86. The van der Waals surface area contributed by atoms with E-state index in [0.717, 1.165) is 23.8 Å². The zero-order chi connectivity index (χ0) is 11.3. The van der Waals surface area contributed by atoms with Crippen molar-refractivity contribution in [3.63, 3.8) is 0 Å². The van der Waals surface area contributed by atoms with Crippen LogP contribution in [0.5, 0.6) is 0 Å². The Hall–Kier alpha value is -0.990. The molecular weight excluding hydrogens is 208 g/mol. The van der Waals surface area contributed by atoms with Crippen LogP contribution in [-0.2, 0) is 7.05 Å². The number of nitrogens with two attached hydrogens (primary N) is 1. The Morgan fingerprint density at radius 1 is 1.73 bits per heavy atom. The van der Waals surface area contributed by atoms with Gasteiger partial charge in [-0.25, -0.2) is 4.98 Å². The normalized spacial score (nSPS) is 14.5. The lowest BCUT2D eigenvalue weighted by Gasteiger charge is -2.14. The fraction of sp³-hybridized carbons (Fsp3) is 0.600. The van der Waals surface area contributed by atoms with Crippen LogP contribution >= 0.6 is 11.8 Å². The van der Waals surface area contributed by atoms with Gasteiger partial charge in [0.25, 0.3) is 0 Å². The highest BCUT2D eigenvalue weighted by Gasteiger charge is 2.16. The van der Waals surface area contributed by atoms with Gasteiger partial charge in [0.15, 0.2) is 5.16 Å². The summed E-state index contributed by atoms with van der Waals surface area (Å²) in [6, 6.07) is 2.09. The van der Waals surface area contributed by atoms with Gasteiger partial charge >= 0.3 is 0 Å². The van der Waals surface area contributed by atoms with E-state index in [-0.39, 0.29) is 0 Å². The molecule has 0 saturated heterocycles. The molecule has 4 nitrogen and oxygen atoms in total. The minimum atomic E-state index is -0.692. The third kappa shape index (κ3) is 3.94. The van der Waals surface area contributed by atoms with Crippen molar-refractivity contribution < 1.29 is 0 Å². The van der Waals surface area contributed by atoms with E-state index < -0.39 is 5.54 Å². The van der Waals surface area contributed by atoms with Gasteiger partial charge in [0, 0.05) is 25.2 Å². The Labute approximate surface area is 94.5 Å². The van der Waals surface area contributed by atoms with Gasteiger partial charge in [0.05, 0.1) is 6.07 Å². The topological polar surface area (TPSA) is 67.6 Å². The van der Waals surface area contributed by atoms with Crippen LogP contribution in [0.2, 0.25) is 0 Å². The molecule has 0 spiro atoms. The maximum absolute atomic E-state index is 8.72. The van der Waals surface area contributed by atoms with E-state index in [1.807, 2.05) is 17.8 Å². The molecular formula is C10H16N4S. The summed E-state index contributed by atoms with van der Waals surface area (Å²) in [5.74, 6) is 0.944. The molecule has 0 saturated carbocycles. The minimum absolute atomic E-state index is 0.692. The van der Waals surface area contributed by atoms with Crippen molar-refractivity contribution in [2.24, 2.45) is 12.8 Å². The quantitative estimate of drug-likeness (QED) is 0.608. The van der Waals surface area contributed by atoms with Crippen molar-refractivity contribution in [1.29, 1.82) is 5.26 Å². The summed E-state index contributed by atoms with van der Waals surface area (Å²) in [6.45, 7) is 1.76. The third-order valence-electron chi connectivity index (χ3n) is 2.10. The summed E-state index contributed by atoms with van der Waals surface area (Å²) >= 11 is 1.69. The fourth-order valence-corrected chi connectivity index (χ4v) is 2.02. The van der Waals surface area contributed by atoms with E-state index in [1.54, 1.807) is 24.9 Å². The maximum Gasteiger partial charge on any atom is 0.167 e. The van der Waals surface area contributed by atoms with E-state index in [1.165, 1.54) is 0 Å². The first-order chi connectivity index (χ1) is 7.05. The molecule has 1 atom stereocenters. The van der Waals surface area contributed by atoms with Crippen molar-refractivity contribution >= 4 is 11.8 Å². The molecule has 82 valence electrons. The number of nitriles is 1. The maximum atomic E-state index is 8.72. The smallest absolute Gasteiger partial charge is 0.167 e. The first-order valence-corrected chi connectivity index (χ1v) is 5.84. The van der Waals surface area contributed by atoms with Crippen molar-refractivity contribution in [1.82, 2.24) is 9.55 Å². The standard InChI is InChI=1S/C10H16N4S/c1-10(12,8-11)4-3-7-15-9-13-5-6-14(9)2/h5-6H,3-4,7,12H2,1-2H3.